The highest BCUT2D eigenvalue weighted by atomic mass is 32.2. The van der Waals surface area contributed by atoms with Crippen LogP contribution < -0.4 is 4.74 Å². The second-order valence-corrected chi connectivity index (χ2v) is 10.7. The lowest BCUT2D eigenvalue weighted by Gasteiger charge is -2.07. The highest BCUT2D eigenvalue weighted by Gasteiger charge is 2.14. The Morgan fingerprint density at radius 3 is 1.91 bits per heavy atom. The van der Waals surface area contributed by atoms with Gasteiger partial charge in [0, 0.05) is 16.8 Å². The van der Waals surface area contributed by atoms with Gasteiger partial charge < -0.3 is 14.9 Å². The van der Waals surface area contributed by atoms with Crippen LogP contribution in [0.5, 0.6) is 17.2 Å². The first-order chi connectivity index (χ1) is 21.1. The summed E-state index contributed by atoms with van der Waals surface area (Å²) < 4.78 is 38.1. The van der Waals surface area contributed by atoms with Gasteiger partial charge >= 0.3 is 0 Å². The van der Waals surface area contributed by atoms with Crippen molar-refractivity contribution in [3.05, 3.63) is 96.6 Å². The molecule has 0 aromatic heterocycles. The zero-order valence-electron chi connectivity index (χ0n) is 22.8. The zero-order valence-corrected chi connectivity index (χ0v) is 23.6. The van der Waals surface area contributed by atoms with Crippen LogP contribution in [0.1, 0.15) is 5.56 Å². The number of azo groups is 3. The van der Waals surface area contributed by atoms with Crippen LogP contribution in [0.15, 0.2) is 127 Å². The highest BCUT2D eigenvalue weighted by molar-refractivity contribution is 7.85. The Kier molecular flexibility index (Phi) is 8.46. The molecule has 0 aliphatic heterocycles. The summed E-state index contributed by atoms with van der Waals surface area (Å²) in [5.74, 6) is -0.0251. The third kappa shape index (κ3) is 6.95. The van der Waals surface area contributed by atoms with E-state index in [1.54, 1.807) is 54.6 Å². The maximum absolute atomic E-state index is 11.9. The van der Waals surface area contributed by atoms with E-state index in [-0.39, 0.29) is 22.1 Å². The summed E-state index contributed by atoms with van der Waals surface area (Å²) in [6.45, 7) is 2.17. The van der Waals surface area contributed by atoms with Crippen molar-refractivity contribution < 1.29 is 32.7 Å². The summed E-state index contributed by atoms with van der Waals surface area (Å²) in [6, 6.07) is 22.6. The second-order valence-electron chi connectivity index (χ2n) is 9.24. The number of phenolic OH excluding ortho intramolecular Hbond substituents is 2. The van der Waals surface area contributed by atoms with Crippen LogP contribution in [-0.2, 0) is 14.9 Å². The van der Waals surface area contributed by atoms with Crippen molar-refractivity contribution in [3.63, 3.8) is 0 Å². The molecular formula is C30H22N6O7S. The number of phenols is 2. The fourth-order valence-electron chi connectivity index (χ4n) is 4.02. The summed E-state index contributed by atoms with van der Waals surface area (Å²) in [6.07, 6.45) is 0. The van der Waals surface area contributed by atoms with Crippen LogP contribution in [0.2, 0.25) is 0 Å². The Morgan fingerprint density at radius 2 is 1.23 bits per heavy atom. The Labute approximate surface area is 250 Å². The number of rotatable bonds is 9. The molecule has 5 aromatic carbocycles. The standard InChI is InChI=1S/C30H22N6O7S/c1-18-14-20(4-10-26(18)33-31-19-2-6-22(7-3-19)43-17-37)32-34-28-13-12-27(35-36-29-11-5-21(38)15-30(29)39)24-9-8-23(16-25(24)28)44(40,41)42/h2-17,38-39H,1H3,(H,40,41,42). The number of carbonyl (C=O) groups is 1. The molecular weight excluding hydrogens is 588 g/mol. The third-order valence-corrected chi connectivity index (χ3v) is 7.06. The Morgan fingerprint density at radius 1 is 0.636 bits per heavy atom. The zero-order chi connectivity index (χ0) is 31.3. The number of aryl methyl sites for hydroxylation is 1. The molecule has 0 amide bonds. The second kappa shape index (κ2) is 12.6. The van der Waals surface area contributed by atoms with Gasteiger partial charge in [0.25, 0.3) is 16.6 Å². The van der Waals surface area contributed by atoms with E-state index < -0.39 is 10.1 Å². The number of fused-ring (bicyclic) bond motifs is 1. The molecule has 220 valence electrons. The summed E-state index contributed by atoms with van der Waals surface area (Å²) in [4.78, 5) is 10.1. The topological polar surface area (TPSA) is 195 Å². The lowest BCUT2D eigenvalue weighted by atomic mass is 10.1. The summed E-state index contributed by atoms with van der Waals surface area (Å²) >= 11 is 0. The van der Waals surface area contributed by atoms with E-state index in [9.17, 15) is 28.0 Å². The average Bonchev–Trinajstić information content (AvgIpc) is 2.99. The Hall–Kier alpha value is -5.86. The van der Waals surface area contributed by atoms with Crippen molar-refractivity contribution in [1.82, 2.24) is 0 Å². The molecule has 0 saturated heterocycles. The molecule has 44 heavy (non-hydrogen) atoms. The molecule has 0 bridgehead atoms. The molecule has 3 N–H and O–H groups in total. The van der Waals surface area contributed by atoms with Crippen molar-refractivity contribution in [3.8, 4) is 17.2 Å². The van der Waals surface area contributed by atoms with Crippen molar-refractivity contribution in [2.24, 2.45) is 30.7 Å². The number of nitrogens with zero attached hydrogens (tertiary/aromatic N) is 6. The first-order valence-corrected chi connectivity index (χ1v) is 14.2. The van der Waals surface area contributed by atoms with Crippen molar-refractivity contribution >= 4 is 61.5 Å². The Bertz CT molecular complexity index is 2080. The normalized spacial score (nSPS) is 12.0. The monoisotopic (exact) mass is 610 g/mol. The van der Waals surface area contributed by atoms with E-state index in [1.807, 2.05) is 6.92 Å². The summed E-state index contributed by atoms with van der Waals surface area (Å²) in [5.41, 5.74) is 3.13. The molecule has 0 aliphatic rings. The van der Waals surface area contributed by atoms with Gasteiger partial charge in [0.2, 0.25) is 0 Å². The number of hydrogen-bond donors (Lipinski definition) is 3. The van der Waals surface area contributed by atoms with Gasteiger partial charge in [-0.3, -0.25) is 9.35 Å². The van der Waals surface area contributed by atoms with Gasteiger partial charge in [0.15, 0.2) is 0 Å². The molecule has 13 nitrogen and oxygen atoms in total. The van der Waals surface area contributed by atoms with Gasteiger partial charge in [-0.25, -0.2) is 0 Å². The van der Waals surface area contributed by atoms with E-state index in [0.717, 1.165) is 11.6 Å². The number of aromatic hydroxyl groups is 2. The lowest BCUT2D eigenvalue weighted by molar-refractivity contribution is -0.120. The minimum absolute atomic E-state index is 0.106. The molecule has 0 heterocycles. The highest BCUT2D eigenvalue weighted by Crippen LogP contribution is 2.38. The summed E-state index contributed by atoms with van der Waals surface area (Å²) in [5, 5.41) is 45.6. The molecule has 0 spiro atoms. The number of benzene rings is 5. The fourth-order valence-corrected chi connectivity index (χ4v) is 4.53. The van der Waals surface area contributed by atoms with Crippen LogP contribution in [0.4, 0.5) is 34.1 Å². The van der Waals surface area contributed by atoms with E-state index in [4.69, 9.17) is 4.74 Å². The van der Waals surface area contributed by atoms with Gasteiger partial charge in [0.05, 0.1) is 33.3 Å². The minimum Gasteiger partial charge on any atom is -0.508 e. The number of carbonyl (C=O) groups excluding carboxylic acids is 1. The van der Waals surface area contributed by atoms with Gasteiger partial charge in [-0.1, -0.05) is 6.07 Å². The molecule has 0 radical (unpaired) electrons. The molecule has 5 aromatic rings. The van der Waals surface area contributed by atoms with Crippen LogP contribution in [-0.4, -0.2) is 29.7 Å². The van der Waals surface area contributed by atoms with Gasteiger partial charge in [-0.2, -0.15) is 23.8 Å². The third-order valence-electron chi connectivity index (χ3n) is 6.21. The smallest absolute Gasteiger partial charge is 0.298 e. The first kappa shape index (κ1) is 29.6. The lowest BCUT2D eigenvalue weighted by Crippen LogP contribution is -1.97. The minimum atomic E-state index is -4.52. The van der Waals surface area contributed by atoms with Gasteiger partial charge in [-0.15, -0.1) is 15.3 Å². The van der Waals surface area contributed by atoms with E-state index in [0.29, 0.717) is 51.4 Å². The van der Waals surface area contributed by atoms with E-state index in [1.165, 1.54) is 30.3 Å². The Balaban J connectivity index is 1.44. The average molecular weight is 611 g/mol. The quantitative estimate of drug-likeness (QED) is 0.0843. The van der Waals surface area contributed by atoms with E-state index >= 15 is 0 Å². The van der Waals surface area contributed by atoms with Crippen LogP contribution in [0.25, 0.3) is 10.8 Å². The molecule has 14 heteroatoms. The molecule has 0 saturated carbocycles. The number of ether oxygens (including phenoxy) is 1. The van der Waals surface area contributed by atoms with E-state index in [2.05, 4.69) is 30.7 Å². The van der Waals surface area contributed by atoms with Crippen molar-refractivity contribution in [1.29, 1.82) is 0 Å². The SMILES string of the molecule is Cc1cc(N=Nc2ccc(N=Nc3ccc(O)cc3O)c3ccc(S(=O)(=O)O)cc23)ccc1N=Nc1ccc(OC=O)cc1. The predicted molar refractivity (Wildman–Crippen MR) is 160 cm³/mol. The molecule has 0 fully saturated rings. The molecule has 0 aliphatic carbocycles. The van der Waals surface area contributed by atoms with Gasteiger partial charge in [0.1, 0.15) is 22.9 Å². The summed E-state index contributed by atoms with van der Waals surface area (Å²) in [7, 11) is -4.52. The van der Waals surface area contributed by atoms with Crippen molar-refractivity contribution in [2.75, 3.05) is 0 Å². The maximum atomic E-state index is 11.9. The molecule has 0 atom stereocenters. The van der Waals surface area contributed by atoms with Crippen molar-refractivity contribution in [2.45, 2.75) is 11.8 Å². The molecule has 5 rings (SSSR count). The molecule has 0 unspecified atom stereocenters. The van der Waals surface area contributed by atoms with Gasteiger partial charge in [-0.05, 0) is 91.3 Å². The van der Waals surface area contributed by atoms with Crippen LogP contribution >= 0.6 is 0 Å². The largest absolute Gasteiger partial charge is 0.508 e. The maximum Gasteiger partial charge on any atom is 0.298 e. The number of hydrogen-bond acceptors (Lipinski definition) is 12. The predicted octanol–water partition coefficient (Wildman–Crippen LogP) is 8.59. The van der Waals surface area contributed by atoms with Crippen LogP contribution in [0.3, 0.4) is 0 Å². The first-order valence-electron chi connectivity index (χ1n) is 12.7. The fraction of sp³-hybridized carbons (Fsp3) is 0.0333. The van der Waals surface area contributed by atoms with Crippen LogP contribution in [0, 0.1) is 6.92 Å².